The molecule has 0 amide bonds. The smallest absolute Gasteiger partial charge is 0.235 e. The fraction of sp³-hybridized carbons (Fsp3) is 0.111. The molecule has 0 N–H and O–H groups in total. The van der Waals surface area contributed by atoms with Crippen LogP contribution in [0.25, 0.3) is 28.1 Å². The molecule has 0 aliphatic rings. The maximum Gasteiger partial charge on any atom is 0.235 e. The minimum Gasteiger partial charge on any atom is -0.491 e. The van der Waals surface area contributed by atoms with Crippen molar-refractivity contribution in [1.82, 2.24) is 14.4 Å². The number of nitrogens with zero attached hydrogens (tertiary/aromatic N) is 3. The lowest BCUT2D eigenvalue weighted by Gasteiger charge is -2.09. The van der Waals surface area contributed by atoms with Gasteiger partial charge in [-0.2, -0.15) is 0 Å². The summed E-state index contributed by atoms with van der Waals surface area (Å²) in [7, 11) is 0. The fourth-order valence-electron chi connectivity index (χ4n) is 2.71. The van der Waals surface area contributed by atoms with E-state index in [1.165, 1.54) is 0 Å². The van der Waals surface area contributed by atoms with Gasteiger partial charge in [-0.05, 0) is 30.3 Å². The SMILES string of the molecule is FCCOc1cccc(-c2ccnc3nc4ccccc4n23)c1. The molecule has 5 heteroatoms. The van der Waals surface area contributed by atoms with Crippen LogP contribution in [0.3, 0.4) is 0 Å². The number of rotatable bonds is 4. The number of imidazole rings is 1. The Labute approximate surface area is 132 Å². The van der Waals surface area contributed by atoms with E-state index in [9.17, 15) is 4.39 Å². The molecule has 0 saturated carbocycles. The Bertz CT molecular complexity index is 980. The highest BCUT2D eigenvalue weighted by Crippen LogP contribution is 2.27. The average Bonchev–Trinajstić information content (AvgIpc) is 2.99. The molecule has 4 nitrogen and oxygen atoms in total. The summed E-state index contributed by atoms with van der Waals surface area (Å²) in [6.07, 6.45) is 1.74. The molecule has 2 aromatic carbocycles. The highest BCUT2D eigenvalue weighted by atomic mass is 19.1. The molecule has 0 aliphatic carbocycles. The summed E-state index contributed by atoms with van der Waals surface area (Å²) in [5.74, 6) is 1.30. The first-order valence-corrected chi connectivity index (χ1v) is 7.38. The van der Waals surface area contributed by atoms with E-state index in [2.05, 4.69) is 9.97 Å². The van der Waals surface area contributed by atoms with Gasteiger partial charge in [-0.15, -0.1) is 0 Å². The highest BCUT2D eigenvalue weighted by molar-refractivity contribution is 5.82. The highest BCUT2D eigenvalue weighted by Gasteiger charge is 2.10. The molecule has 0 unspecified atom stereocenters. The van der Waals surface area contributed by atoms with Crippen molar-refractivity contribution in [3.8, 4) is 17.0 Å². The number of hydrogen-bond acceptors (Lipinski definition) is 3. The topological polar surface area (TPSA) is 39.4 Å². The molecule has 4 aromatic rings. The van der Waals surface area contributed by atoms with Crippen molar-refractivity contribution in [1.29, 1.82) is 0 Å². The molecule has 0 aliphatic heterocycles. The fourth-order valence-corrected chi connectivity index (χ4v) is 2.71. The number of halogens is 1. The molecular formula is C18H14FN3O. The van der Waals surface area contributed by atoms with Crippen molar-refractivity contribution in [2.45, 2.75) is 0 Å². The normalized spacial score (nSPS) is 11.2. The number of ether oxygens (including phenoxy) is 1. The molecule has 114 valence electrons. The molecule has 2 heterocycles. The lowest BCUT2D eigenvalue weighted by Crippen LogP contribution is -1.99. The Morgan fingerprint density at radius 3 is 2.87 bits per heavy atom. The maximum atomic E-state index is 12.3. The molecule has 4 rings (SSSR count). The predicted molar refractivity (Wildman–Crippen MR) is 87.4 cm³/mol. The van der Waals surface area contributed by atoms with E-state index in [0.717, 1.165) is 22.3 Å². The molecule has 0 bridgehead atoms. The molecule has 0 radical (unpaired) electrons. The number of para-hydroxylation sites is 2. The van der Waals surface area contributed by atoms with Crippen LogP contribution >= 0.6 is 0 Å². The van der Waals surface area contributed by atoms with Gasteiger partial charge in [0, 0.05) is 11.8 Å². The van der Waals surface area contributed by atoms with Crippen molar-refractivity contribution in [3.63, 3.8) is 0 Å². The lowest BCUT2D eigenvalue weighted by atomic mass is 10.1. The van der Waals surface area contributed by atoms with Gasteiger partial charge in [-0.3, -0.25) is 4.40 Å². The summed E-state index contributed by atoms with van der Waals surface area (Å²) in [5.41, 5.74) is 3.84. The van der Waals surface area contributed by atoms with E-state index in [-0.39, 0.29) is 6.61 Å². The Balaban J connectivity index is 1.92. The second-order valence-corrected chi connectivity index (χ2v) is 5.13. The van der Waals surface area contributed by atoms with Crippen LogP contribution in [0.1, 0.15) is 0 Å². The summed E-state index contributed by atoms with van der Waals surface area (Å²) in [4.78, 5) is 8.89. The summed E-state index contributed by atoms with van der Waals surface area (Å²) in [5, 5.41) is 0. The minimum absolute atomic E-state index is 0.0587. The summed E-state index contributed by atoms with van der Waals surface area (Å²) >= 11 is 0. The number of aromatic nitrogens is 3. The molecular weight excluding hydrogens is 293 g/mol. The Morgan fingerprint density at radius 2 is 1.96 bits per heavy atom. The van der Waals surface area contributed by atoms with Gasteiger partial charge in [0.2, 0.25) is 5.78 Å². The van der Waals surface area contributed by atoms with Gasteiger partial charge in [0.1, 0.15) is 19.0 Å². The lowest BCUT2D eigenvalue weighted by molar-refractivity contribution is 0.273. The van der Waals surface area contributed by atoms with Crippen LogP contribution in [0.4, 0.5) is 4.39 Å². The third kappa shape index (κ3) is 2.40. The van der Waals surface area contributed by atoms with E-state index in [0.29, 0.717) is 11.5 Å². The quantitative estimate of drug-likeness (QED) is 0.574. The van der Waals surface area contributed by atoms with Crippen LogP contribution in [0.5, 0.6) is 5.75 Å². The van der Waals surface area contributed by atoms with Gasteiger partial charge in [0.05, 0.1) is 16.7 Å². The van der Waals surface area contributed by atoms with Crippen LogP contribution in [0.2, 0.25) is 0 Å². The largest absolute Gasteiger partial charge is 0.491 e. The third-order valence-electron chi connectivity index (χ3n) is 3.68. The maximum absolute atomic E-state index is 12.3. The third-order valence-corrected chi connectivity index (χ3v) is 3.68. The van der Waals surface area contributed by atoms with E-state index in [1.807, 2.05) is 59.0 Å². The predicted octanol–water partition coefficient (Wildman–Crippen LogP) is 3.90. The van der Waals surface area contributed by atoms with Crippen LogP contribution in [-0.2, 0) is 0 Å². The molecule has 2 aromatic heterocycles. The van der Waals surface area contributed by atoms with E-state index < -0.39 is 6.67 Å². The van der Waals surface area contributed by atoms with Crippen LogP contribution in [0.15, 0.2) is 60.8 Å². The molecule has 0 spiro atoms. The van der Waals surface area contributed by atoms with Crippen LogP contribution < -0.4 is 4.74 Å². The Morgan fingerprint density at radius 1 is 1.04 bits per heavy atom. The van der Waals surface area contributed by atoms with Crippen molar-refractivity contribution in [2.75, 3.05) is 13.3 Å². The van der Waals surface area contributed by atoms with Gasteiger partial charge in [-0.25, -0.2) is 14.4 Å². The molecule has 0 saturated heterocycles. The zero-order chi connectivity index (χ0) is 15.6. The first-order valence-electron chi connectivity index (χ1n) is 7.38. The van der Waals surface area contributed by atoms with Gasteiger partial charge >= 0.3 is 0 Å². The Kier molecular flexibility index (Phi) is 3.38. The van der Waals surface area contributed by atoms with E-state index >= 15 is 0 Å². The number of benzene rings is 2. The van der Waals surface area contributed by atoms with Gasteiger partial charge in [-0.1, -0.05) is 24.3 Å². The number of fused-ring (bicyclic) bond motifs is 3. The standard InChI is InChI=1S/C18H14FN3O/c19-9-11-23-14-5-3-4-13(12-14)16-8-10-20-18-21-15-6-1-2-7-17(15)22(16)18/h1-8,10,12H,9,11H2. The van der Waals surface area contributed by atoms with Crippen molar-refractivity contribution < 1.29 is 9.13 Å². The summed E-state index contributed by atoms with van der Waals surface area (Å²) in [6, 6.07) is 17.5. The summed E-state index contributed by atoms with van der Waals surface area (Å²) in [6.45, 7) is -0.445. The number of hydrogen-bond donors (Lipinski definition) is 0. The number of alkyl halides is 1. The monoisotopic (exact) mass is 307 g/mol. The first kappa shape index (κ1) is 13.7. The van der Waals surface area contributed by atoms with Crippen LogP contribution in [-0.4, -0.2) is 27.7 Å². The molecule has 23 heavy (non-hydrogen) atoms. The van der Waals surface area contributed by atoms with E-state index in [4.69, 9.17) is 4.74 Å². The van der Waals surface area contributed by atoms with Gasteiger partial charge in [0.15, 0.2) is 0 Å². The van der Waals surface area contributed by atoms with Crippen LogP contribution in [0, 0.1) is 0 Å². The van der Waals surface area contributed by atoms with Gasteiger partial charge in [0.25, 0.3) is 0 Å². The second kappa shape index (κ2) is 5.68. The van der Waals surface area contributed by atoms with Crippen molar-refractivity contribution in [2.24, 2.45) is 0 Å². The zero-order valence-corrected chi connectivity index (χ0v) is 12.3. The van der Waals surface area contributed by atoms with Crippen molar-refractivity contribution in [3.05, 3.63) is 60.8 Å². The Hall–Kier alpha value is -2.95. The van der Waals surface area contributed by atoms with E-state index in [1.54, 1.807) is 6.20 Å². The second-order valence-electron chi connectivity index (χ2n) is 5.13. The minimum atomic E-state index is -0.504. The zero-order valence-electron chi connectivity index (χ0n) is 12.3. The first-order chi connectivity index (χ1) is 11.4. The van der Waals surface area contributed by atoms with Crippen molar-refractivity contribution >= 4 is 16.8 Å². The molecule has 0 fully saturated rings. The molecule has 0 atom stereocenters. The average molecular weight is 307 g/mol. The summed E-state index contributed by atoms with van der Waals surface area (Å²) < 4.78 is 19.7. The van der Waals surface area contributed by atoms with Gasteiger partial charge < -0.3 is 4.74 Å².